The normalized spacial score (nSPS) is 22.8. The smallest absolute Gasteiger partial charge is 0.307 e. The lowest BCUT2D eigenvalue weighted by molar-refractivity contribution is -0.490. The molecule has 0 bridgehead atoms. The van der Waals surface area contributed by atoms with Gasteiger partial charge in [-0.15, -0.1) is 0 Å². The Morgan fingerprint density at radius 1 is 1.28 bits per heavy atom. The van der Waals surface area contributed by atoms with Gasteiger partial charge in [-0.05, 0) is 18.1 Å². The van der Waals surface area contributed by atoms with Gasteiger partial charge in [-0.25, -0.2) is 0 Å². The number of ether oxygens (including phenoxy) is 3. The predicted molar refractivity (Wildman–Crippen MR) is 99.3 cm³/mol. The Hall–Kier alpha value is -3.17. The monoisotopic (exact) mass is 406 g/mol. The Balaban J connectivity index is 1.49. The molecule has 1 heterocycles. The second kappa shape index (κ2) is 8.89. The van der Waals surface area contributed by atoms with Crippen molar-refractivity contribution in [1.29, 1.82) is 0 Å². The number of esters is 1. The van der Waals surface area contributed by atoms with Crippen LogP contribution >= 0.6 is 0 Å². The van der Waals surface area contributed by atoms with Crippen molar-refractivity contribution < 1.29 is 33.5 Å². The first-order valence-corrected chi connectivity index (χ1v) is 9.33. The standard InChI is InChI=1S/C19H22N2O8/c1-11-6-15(22)13(14(11)9-21(25)26)8-19(24)29-10-18(23)20-12-2-3-16-17(7-12)28-5-4-27-16/h2-3,7,11,13-14H,4-6,8-10H2,1H3,(H,20,23)/t11-,13-,14-/m1/s1. The number of anilines is 1. The number of amides is 1. The van der Waals surface area contributed by atoms with E-state index in [1.54, 1.807) is 25.1 Å². The van der Waals surface area contributed by atoms with Crippen LogP contribution in [0, 0.1) is 27.9 Å². The maximum absolute atomic E-state index is 12.1. The van der Waals surface area contributed by atoms with Crippen molar-refractivity contribution in [3.63, 3.8) is 0 Å². The number of hydrogen-bond acceptors (Lipinski definition) is 8. The zero-order valence-electron chi connectivity index (χ0n) is 15.9. The average Bonchev–Trinajstić information content (AvgIpc) is 2.93. The van der Waals surface area contributed by atoms with E-state index in [1.807, 2.05) is 0 Å². The first kappa shape index (κ1) is 20.6. The summed E-state index contributed by atoms with van der Waals surface area (Å²) in [5, 5.41) is 13.4. The van der Waals surface area contributed by atoms with Gasteiger partial charge in [0.2, 0.25) is 6.54 Å². The SMILES string of the molecule is C[C@@H]1CC(=O)[C@H](CC(=O)OCC(=O)Nc2ccc3c(c2)OCCO3)[C@@H]1C[N+](=O)[O-]. The van der Waals surface area contributed by atoms with Crippen LogP contribution in [0.25, 0.3) is 0 Å². The Morgan fingerprint density at radius 3 is 2.72 bits per heavy atom. The zero-order valence-corrected chi connectivity index (χ0v) is 15.9. The van der Waals surface area contributed by atoms with Crippen LogP contribution in [0.1, 0.15) is 19.8 Å². The summed E-state index contributed by atoms with van der Waals surface area (Å²) in [6.45, 7) is 1.74. The molecule has 1 aliphatic heterocycles. The molecular formula is C19H22N2O8. The highest BCUT2D eigenvalue weighted by Crippen LogP contribution is 2.36. The molecule has 1 aromatic carbocycles. The molecule has 156 valence electrons. The summed E-state index contributed by atoms with van der Waals surface area (Å²) in [4.78, 5) is 46.5. The molecule has 2 aliphatic rings. The number of carbonyl (C=O) groups is 3. The Morgan fingerprint density at radius 2 is 2.00 bits per heavy atom. The Labute approximate surface area is 166 Å². The van der Waals surface area contributed by atoms with Gasteiger partial charge >= 0.3 is 5.97 Å². The summed E-state index contributed by atoms with van der Waals surface area (Å²) < 4.78 is 15.8. The number of rotatable bonds is 7. The van der Waals surface area contributed by atoms with Crippen molar-refractivity contribution in [3.8, 4) is 11.5 Å². The van der Waals surface area contributed by atoms with Gasteiger partial charge in [0.05, 0.1) is 6.42 Å². The lowest BCUT2D eigenvalue weighted by Crippen LogP contribution is -2.28. The van der Waals surface area contributed by atoms with E-state index in [0.29, 0.717) is 30.4 Å². The highest BCUT2D eigenvalue weighted by molar-refractivity contribution is 5.93. The van der Waals surface area contributed by atoms with Gasteiger partial charge in [0.1, 0.15) is 19.0 Å². The summed E-state index contributed by atoms with van der Waals surface area (Å²) in [6, 6.07) is 4.90. The molecular weight excluding hydrogens is 384 g/mol. The van der Waals surface area contributed by atoms with E-state index in [0.717, 1.165) is 0 Å². The highest BCUT2D eigenvalue weighted by Gasteiger charge is 2.44. The number of Topliss-reactive ketones (excluding diaryl/α,β-unsaturated/α-hetero) is 1. The third kappa shape index (κ3) is 5.21. The fourth-order valence-electron chi connectivity index (χ4n) is 3.70. The van der Waals surface area contributed by atoms with E-state index < -0.39 is 35.2 Å². The first-order valence-electron chi connectivity index (χ1n) is 9.33. The molecule has 3 atom stereocenters. The predicted octanol–water partition coefficient (Wildman–Crippen LogP) is 1.45. The van der Waals surface area contributed by atoms with E-state index in [9.17, 15) is 24.5 Å². The van der Waals surface area contributed by atoms with Crippen LogP contribution in [0.5, 0.6) is 11.5 Å². The van der Waals surface area contributed by atoms with Gasteiger partial charge in [-0.1, -0.05) is 6.92 Å². The second-order valence-electron chi connectivity index (χ2n) is 7.20. The molecule has 29 heavy (non-hydrogen) atoms. The molecule has 0 aromatic heterocycles. The molecule has 1 aliphatic carbocycles. The minimum atomic E-state index is -0.747. The van der Waals surface area contributed by atoms with E-state index in [1.165, 1.54) is 0 Å². The molecule has 0 spiro atoms. The number of nitrogens with one attached hydrogen (secondary N) is 1. The van der Waals surface area contributed by atoms with Crippen molar-refractivity contribution >= 4 is 23.3 Å². The molecule has 1 amide bonds. The topological polar surface area (TPSA) is 134 Å². The molecule has 1 N–H and O–H groups in total. The van der Waals surface area contributed by atoms with Gasteiger partial charge in [0.25, 0.3) is 5.91 Å². The number of benzene rings is 1. The number of nitro groups is 1. The van der Waals surface area contributed by atoms with Crippen molar-refractivity contribution in [2.45, 2.75) is 19.8 Å². The number of carbonyl (C=O) groups excluding carboxylic acids is 3. The number of hydrogen-bond donors (Lipinski definition) is 1. The van der Waals surface area contributed by atoms with Crippen LogP contribution in [-0.4, -0.2) is 48.9 Å². The maximum atomic E-state index is 12.1. The van der Waals surface area contributed by atoms with Gasteiger partial charge in [-0.3, -0.25) is 24.5 Å². The Kier molecular flexibility index (Phi) is 6.30. The lowest BCUT2D eigenvalue weighted by Gasteiger charge is -2.19. The lowest BCUT2D eigenvalue weighted by atomic mass is 9.88. The number of nitrogens with zero attached hydrogens (tertiary/aromatic N) is 1. The van der Waals surface area contributed by atoms with E-state index >= 15 is 0 Å². The summed E-state index contributed by atoms with van der Waals surface area (Å²) in [5.74, 6) is -1.78. The largest absolute Gasteiger partial charge is 0.486 e. The number of fused-ring (bicyclic) bond motifs is 1. The molecule has 0 unspecified atom stereocenters. The van der Waals surface area contributed by atoms with Crippen molar-refractivity contribution in [1.82, 2.24) is 0 Å². The molecule has 3 rings (SSSR count). The fraction of sp³-hybridized carbons (Fsp3) is 0.526. The van der Waals surface area contributed by atoms with Crippen LogP contribution in [0.4, 0.5) is 5.69 Å². The highest BCUT2D eigenvalue weighted by atomic mass is 16.6. The number of ketones is 1. The van der Waals surface area contributed by atoms with Crippen LogP contribution in [0.2, 0.25) is 0 Å². The van der Waals surface area contributed by atoms with Crippen molar-refractivity contribution in [2.24, 2.45) is 17.8 Å². The van der Waals surface area contributed by atoms with Crippen LogP contribution < -0.4 is 14.8 Å². The molecule has 10 nitrogen and oxygen atoms in total. The van der Waals surface area contributed by atoms with Crippen molar-refractivity contribution in [3.05, 3.63) is 28.3 Å². The molecule has 1 fully saturated rings. The summed E-state index contributed by atoms with van der Waals surface area (Å²) in [5.41, 5.74) is 0.459. The zero-order chi connectivity index (χ0) is 21.0. The average molecular weight is 406 g/mol. The summed E-state index contributed by atoms with van der Waals surface area (Å²) in [6.07, 6.45) is -0.0555. The summed E-state index contributed by atoms with van der Waals surface area (Å²) >= 11 is 0. The van der Waals surface area contributed by atoms with Crippen LogP contribution in [-0.2, 0) is 19.1 Å². The van der Waals surface area contributed by atoms with Gasteiger partial charge < -0.3 is 19.5 Å². The fourth-order valence-corrected chi connectivity index (χ4v) is 3.70. The van der Waals surface area contributed by atoms with Crippen LogP contribution in [0.15, 0.2) is 18.2 Å². The van der Waals surface area contributed by atoms with E-state index in [-0.39, 0.29) is 31.1 Å². The quantitative estimate of drug-likeness (QED) is 0.408. The van der Waals surface area contributed by atoms with Gasteiger partial charge in [0, 0.05) is 34.9 Å². The third-order valence-corrected chi connectivity index (χ3v) is 5.12. The molecule has 0 radical (unpaired) electrons. The van der Waals surface area contributed by atoms with Crippen molar-refractivity contribution in [2.75, 3.05) is 31.7 Å². The second-order valence-corrected chi connectivity index (χ2v) is 7.20. The van der Waals surface area contributed by atoms with Crippen LogP contribution in [0.3, 0.4) is 0 Å². The van der Waals surface area contributed by atoms with Gasteiger partial charge in [0.15, 0.2) is 18.1 Å². The minimum absolute atomic E-state index is 0.163. The molecule has 1 saturated carbocycles. The third-order valence-electron chi connectivity index (χ3n) is 5.12. The van der Waals surface area contributed by atoms with E-state index in [4.69, 9.17) is 14.2 Å². The minimum Gasteiger partial charge on any atom is -0.486 e. The Bertz CT molecular complexity index is 824. The molecule has 1 aromatic rings. The van der Waals surface area contributed by atoms with E-state index in [2.05, 4.69) is 5.32 Å². The summed E-state index contributed by atoms with van der Waals surface area (Å²) in [7, 11) is 0. The first-order chi connectivity index (χ1) is 13.8. The van der Waals surface area contributed by atoms with Gasteiger partial charge in [-0.2, -0.15) is 0 Å². The molecule has 10 heteroatoms. The maximum Gasteiger partial charge on any atom is 0.307 e. The molecule has 0 saturated heterocycles.